The normalized spacial score (nSPS) is 17.8. The first kappa shape index (κ1) is 20.0. The molecule has 1 aliphatic carbocycles. The van der Waals surface area contributed by atoms with E-state index in [0.29, 0.717) is 5.56 Å². The lowest BCUT2D eigenvalue weighted by atomic mass is 9.90. The Kier molecular flexibility index (Phi) is 5.40. The first-order valence-corrected chi connectivity index (χ1v) is 11.2. The average molecular weight is 420 g/mol. The number of nitrogens with zero attached hydrogens (tertiary/aromatic N) is 2. The molecule has 4 rings (SSSR count). The fourth-order valence-electron chi connectivity index (χ4n) is 4.04. The van der Waals surface area contributed by atoms with Crippen molar-refractivity contribution in [2.75, 3.05) is 26.2 Å². The second-order valence-corrected chi connectivity index (χ2v) is 9.31. The van der Waals surface area contributed by atoms with E-state index in [9.17, 15) is 22.0 Å². The van der Waals surface area contributed by atoms with Gasteiger partial charge in [-0.05, 0) is 61.1 Å². The van der Waals surface area contributed by atoms with Gasteiger partial charge < -0.3 is 4.90 Å². The summed E-state index contributed by atoms with van der Waals surface area (Å²) in [6, 6.07) is 8.74. The second-order valence-electron chi connectivity index (χ2n) is 7.44. The van der Waals surface area contributed by atoms with Gasteiger partial charge in [0.1, 0.15) is 11.6 Å². The van der Waals surface area contributed by atoms with Gasteiger partial charge in [-0.1, -0.05) is 12.1 Å². The van der Waals surface area contributed by atoms with E-state index in [0.717, 1.165) is 41.8 Å². The molecule has 29 heavy (non-hydrogen) atoms. The van der Waals surface area contributed by atoms with Crippen LogP contribution >= 0.6 is 0 Å². The molecule has 5 nitrogen and oxygen atoms in total. The molecular formula is C21H22F2N2O3S. The molecule has 154 valence electrons. The van der Waals surface area contributed by atoms with Crippen molar-refractivity contribution in [3.8, 4) is 0 Å². The zero-order valence-corrected chi connectivity index (χ0v) is 16.7. The molecule has 0 spiro atoms. The predicted octanol–water partition coefficient (Wildman–Crippen LogP) is 2.99. The van der Waals surface area contributed by atoms with Gasteiger partial charge in [-0.25, -0.2) is 17.2 Å². The third-order valence-corrected chi connectivity index (χ3v) is 7.59. The maximum Gasteiger partial charge on any atom is 0.253 e. The highest BCUT2D eigenvalue weighted by Gasteiger charge is 2.34. The van der Waals surface area contributed by atoms with Crippen LogP contribution in [0.15, 0.2) is 41.3 Å². The SMILES string of the molecule is O=C(c1ccc2c(c1)CCCC2)N1CCN(S(=O)(=O)c2c(F)cccc2F)CC1. The van der Waals surface area contributed by atoms with Gasteiger partial charge >= 0.3 is 0 Å². The lowest BCUT2D eigenvalue weighted by Crippen LogP contribution is -2.50. The van der Waals surface area contributed by atoms with E-state index in [1.807, 2.05) is 18.2 Å². The number of piperazine rings is 1. The van der Waals surface area contributed by atoms with Crippen LogP contribution in [0.5, 0.6) is 0 Å². The molecule has 1 amide bonds. The number of carbonyl (C=O) groups excluding carboxylic acids is 1. The van der Waals surface area contributed by atoms with Crippen LogP contribution in [-0.4, -0.2) is 49.7 Å². The fraction of sp³-hybridized carbons (Fsp3) is 0.381. The fourth-order valence-corrected chi connectivity index (χ4v) is 5.57. The van der Waals surface area contributed by atoms with Crippen molar-refractivity contribution < 1.29 is 22.0 Å². The Balaban J connectivity index is 1.47. The number of sulfonamides is 1. The van der Waals surface area contributed by atoms with E-state index in [1.165, 1.54) is 17.5 Å². The Hall–Kier alpha value is -2.32. The number of fused-ring (bicyclic) bond motifs is 1. The van der Waals surface area contributed by atoms with Gasteiger partial charge in [0.15, 0.2) is 4.90 Å². The maximum absolute atomic E-state index is 14.0. The van der Waals surface area contributed by atoms with E-state index in [2.05, 4.69) is 0 Å². The van der Waals surface area contributed by atoms with Crippen molar-refractivity contribution in [1.29, 1.82) is 0 Å². The molecule has 0 saturated carbocycles. The quantitative estimate of drug-likeness (QED) is 0.767. The van der Waals surface area contributed by atoms with Crippen molar-refractivity contribution in [3.05, 3.63) is 64.7 Å². The summed E-state index contributed by atoms with van der Waals surface area (Å²) in [5.74, 6) is -2.37. The molecule has 0 atom stereocenters. The lowest BCUT2D eigenvalue weighted by molar-refractivity contribution is 0.0697. The highest BCUT2D eigenvalue weighted by Crippen LogP contribution is 2.25. The van der Waals surface area contributed by atoms with Crippen LogP contribution in [0, 0.1) is 11.6 Å². The van der Waals surface area contributed by atoms with Crippen molar-refractivity contribution in [1.82, 2.24) is 9.21 Å². The third kappa shape index (κ3) is 3.79. The van der Waals surface area contributed by atoms with Crippen LogP contribution in [0.25, 0.3) is 0 Å². The van der Waals surface area contributed by atoms with Gasteiger partial charge in [-0.3, -0.25) is 4.79 Å². The highest BCUT2D eigenvalue weighted by atomic mass is 32.2. The van der Waals surface area contributed by atoms with Crippen molar-refractivity contribution in [2.45, 2.75) is 30.6 Å². The molecule has 1 saturated heterocycles. The number of hydrogen-bond acceptors (Lipinski definition) is 3. The summed E-state index contributed by atoms with van der Waals surface area (Å²) in [5.41, 5.74) is 3.09. The summed E-state index contributed by atoms with van der Waals surface area (Å²) in [6.45, 7) is 0.329. The van der Waals surface area contributed by atoms with E-state index in [-0.39, 0.29) is 32.1 Å². The molecule has 2 aromatic rings. The van der Waals surface area contributed by atoms with Crippen LogP contribution in [0.3, 0.4) is 0 Å². The Morgan fingerprint density at radius 1 is 0.862 bits per heavy atom. The molecule has 0 bridgehead atoms. The molecular weight excluding hydrogens is 398 g/mol. The van der Waals surface area contributed by atoms with E-state index >= 15 is 0 Å². The molecule has 8 heteroatoms. The number of amides is 1. The van der Waals surface area contributed by atoms with Gasteiger partial charge in [0, 0.05) is 31.7 Å². The summed E-state index contributed by atoms with van der Waals surface area (Å²) in [4.78, 5) is 13.5. The highest BCUT2D eigenvalue weighted by molar-refractivity contribution is 7.89. The number of halogens is 2. The summed E-state index contributed by atoms with van der Waals surface area (Å²) in [6.07, 6.45) is 4.29. The van der Waals surface area contributed by atoms with Gasteiger partial charge in [-0.2, -0.15) is 4.31 Å². The van der Waals surface area contributed by atoms with Crippen LogP contribution in [0.4, 0.5) is 8.78 Å². The number of aryl methyl sites for hydroxylation is 2. The van der Waals surface area contributed by atoms with Crippen molar-refractivity contribution in [2.24, 2.45) is 0 Å². The molecule has 1 fully saturated rings. The minimum absolute atomic E-state index is 0.00715. The Morgan fingerprint density at radius 3 is 2.14 bits per heavy atom. The smallest absolute Gasteiger partial charge is 0.253 e. The molecule has 1 heterocycles. The molecule has 0 N–H and O–H groups in total. The van der Waals surface area contributed by atoms with Crippen molar-refractivity contribution in [3.63, 3.8) is 0 Å². The molecule has 0 aromatic heterocycles. The predicted molar refractivity (Wildman–Crippen MR) is 104 cm³/mol. The van der Waals surface area contributed by atoms with E-state index in [4.69, 9.17) is 0 Å². The minimum Gasteiger partial charge on any atom is -0.336 e. The monoisotopic (exact) mass is 420 g/mol. The number of carbonyl (C=O) groups is 1. The van der Waals surface area contributed by atoms with Crippen LogP contribution in [0.2, 0.25) is 0 Å². The molecule has 2 aromatic carbocycles. The summed E-state index contributed by atoms with van der Waals surface area (Å²) < 4.78 is 54.3. The van der Waals surface area contributed by atoms with Gasteiger partial charge in [0.05, 0.1) is 0 Å². The number of hydrogen-bond donors (Lipinski definition) is 0. The minimum atomic E-state index is -4.30. The summed E-state index contributed by atoms with van der Waals surface area (Å²) >= 11 is 0. The number of benzene rings is 2. The third-order valence-electron chi connectivity index (χ3n) is 5.64. The lowest BCUT2D eigenvalue weighted by Gasteiger charge is -2.34. The zero-order valence-electron chi connectivity index (χ0n) is 15.9. The second kappa shape index (κ2) is 7.84. The zero-order chi connectivity index (χ0) is 20.6. The van der Waals surface area contributed by atoms with E-state index in [1.54, 1.807) is 4.90 Å². The Labute approximate surface area is 169 Å². The number of rotatable bonds is 3. The molecule has 0 radical (unpaired) electrons. The summed E-state index contributed by atoms with van der Waals surface area (Å²) in [7, 11) is -4.30. The van der Waals surface area contributed by atoms with Gasteiger partial charge in [0.2, 0.25) is 10.0 Å². The molecule has 0 unspecified atom stereocenters. The average Bonchev–Trinajstić information content (AvgIpc) is 2.72. The van der Waals surface area contributed by atoms with E-state index < -0.39 is 26.6 Å². The summed E-state index contributed by atoms with van der Waals surface area (Å²) in [5, 5.41) is 0. The first-order valence-electron chi connectivity index (χ1n) is 9.73. The van der Waals surface area contributed by atoms with Gasteiger partial charge in [0.25, 0.3) is 5.91 Å². The largest absolute Gasteiger partial charge is 0.336 e. The maximum atomic E-state index is 14.0. The Morgan fingerprint density at radius 2 is 1.48 bits per heavy atom. The van der Waals surface area contributed by atoms with Crippen LogP contribution in [0.1, 0.15) is 34.3 Å². The topological polar surface area (TPSA) is 57.7 Å². The van der Waals surface area contributed by atoms with Gasteiger partial charge in [-0.15, -0.1) is 0 Å². The standard InChI is InChI=1S/C21H22F2N2O3S/c22-18-6-3-7-19(23)20(18)29(27,28)25-12-10-24(11-13-25)21(26)17-9-8-15-4-1-2-5-16(15)14-17/h3,6-9,14H,1-2,4-5,10-13H2. The molecule has 1 aliphatic heterocycles. The van der Waals surface area contributed by atoms with Crippen LogP contribution < -0.4 is 0 Å². The van der Waals surface area contributed by atoms with Crippen molar-refractivity contribution >= 4 is 15.9 Å². The van der Waals surface area contributed by atoms with Crippen LogP contribution in [-0.2, 0) is 22.9 Å². The molecule has 2 aliphatic rings. The Bertz CT molecular complexity index is 1030. The first-order chi connectivity index (χ1) is 13.9.